The van der Waals surface area contributed by atoms with E-state index in [4.69, 9.17) is 16.3 Å². The van der Waals surface area contributed by atoms with Crippen LogP contribution in [0.2, 0.25) is 0 Å². The summed E-state index contributed by atoms with van der Waals surface area (Å²) in [6.45, 7) is 0. The predicted molar refractivity (Wildman–Crippen MR) is 73.3 cm³/mol. The molecule has 0 saturated heterocycles. The summed E-state index contributed by atoms with van der Waals surface area (Å²) >= 11 is 5.22. The Kier molecular flexibility index (Phi) is 2.65. The molecule has 0 fully saturated rings. The van der Waals surface area contributed by atoms with E-state index in [1.165, 1.54) is 0 Å². The Bertz CT molecular complexity index is 750. The minimum Gasteiger partial charge on any atom is -0.414 e. The van der Waals surface area contributed by atoms with Crippen LogP contribution in [0.1, 0.15) is 0 Å². The summed E-state index contributed by atoms with van der Waals surface area (Å²) in [6.07, 6.45) is 0. The minimum atomic E-state index is -0.824. The molecule has 3 heteroatoms. The van der Waals surface area contributed by atoms with Crippen LogP contribution in [0.3, 0.4) is 0 Å². The Balaban J connectivity index is 2.29. The Morgan fingerprint density at radius 3 is 2.33 bits per heavy atom. The lowest BCUT2D eigenvalue weighted by atomic mass is 10.0. The molecule has 0 bridgehead atoms. The smallest absolute Gasteiger partial charge is 0.409 e. The molecule has 2 nitrogen and oxygen atoms in total. The number of carbonyl (C=O) groups is 1. The lowest BCUT2D eigenvalue weighted by Gasteiger charge is -2.06. The van der Waals surface area contributed by atoms with Gasteiger partial charge in [-0.2, -0.15) is 0 Å². The van der Waals surface area contributed by atoms with E-state index in [0.717, 1.165) is 21.5 Å². The molecule has 0 unspecified atom stereocenters. The Labute approximate surface area is 109 Å². The van der Waals surface area contributed by atoms with Gasteiger partial charge in [0, 0.05) is 11.6 Å². The standard InChI is InChI=1S/C15H9ClO2/c16-15(17)18-12-8-7-11-6-5-10-3-1-2-4-13(10)14(11)9-12/h1-9H. The van der Waals surface area contributed by atoms with Gasteiger partial charge < -0.3 is 4.74 Å². The fraction of sp³-hybridized carbons (Fsp3) is 0. The molecule has 3 rings (SSSR count). The van der Waals surface area contributed by atoms with E-state index in [0.29, 0.717) is 5.75 Å². The topological polar surface area (TPSA) is 26.3 Å². The number of ether oxygens (including phenoxy) is 1. The molecule has 18 heavy (non-hydrogen) atoms. The molecule has 0 aromatic heterocycles. The van der Waals surface area contributed by atoms with Gasteiger partial charge in [-0.25, -0.2) is 4.79 Å². The van der Waals surface area contributed by atoms with Gasteiger partial charge in [0.1, 0.15) is 5.75 Å². The van der Waals surface area contributed by atoms with E-state index in [-0.39, 0.29) is 0 Å². The van der Waals surface area contributed by atoms with Crippen molar-refractivity contribution < 1.29 is 9.53 Å². The summed E-state index contributed by atoms with van der Waals surface area (Å²) in [5, 5.41) is 4.42. The summed E-state index contributed by atoms with van der Waals surface area (Å²) in [7, 11) is 0. The monoisotopic (exact) mass is 256 g/mol. The molecular weight excluding hydrogens is 248 g/mol. The molecule has 0 spiro atoms. The van der Waals surface area contributed by atoms with Gasteiger partial charge in [-0.1, -0.05) is 42.5 Å². The van der Waals surface area contributed by atoms with Crippen LogP contribution in [0.25, 0.3) is 21.5 Å². The average molecular weight is 257 g/mol. The first-order chi connectivity index (χ1) is 8.74. The number of benzene rings is 3. The third-order valence-corrected chi connectivity index (χ3v) is 2.99. The van der Waals surface area contributed by atoms with Crippen molar-refractivity contribution in [2.24, 2.45) is 0 Å². The van der Waals surface area contributed by atoms with Crippen LogP contribution in [0.5, 0.6) is 5.75 Å². The second-order valence-electron chi connectivity index (χ2n) is 4.01. The number of hydrogen-bond donors (Lipinski definition) is 0. The normalized spacial score (nSPS) is 10.7. The lowest BCUT2D eigenvalue weighted by Crippen LogP contribution is -1.95. The van der Waals surface area contributed by atoms with Gasteiger partial charge in [0.15, 0.2) is 0 Å². The van der Waals surface area contributed by atoms with Crippen molar-refractivity contribution in [1.29, 1.82) is 0 Å². The molecule has 0 radical (unpaired) electrons. The molecule has 3 aromatic carbocycles. The highest BCUT2D eigenvalue weighted by molar-refractivity contribution is 6.61. The molecule has 0 saturated carbocycles. The summed E-state index contributed by atoms with van der Waals surface area (Å²) in [6, 6.07) is 17.7. The number of halogens is 1. The third kappa shape index (κ3) is 1.91. The van der Waals surface area contributed by atoms with E-state index in [1.807, 2.05) is 36.4 Å². The van der Waals surface area contributed by atoms with Crippen LogP contribution in [-0.2, 0) is 0 Å². The second kappa shape index (κ2) is 4.31. The number of fused-ring (bicyclic) bond motifs is 3. The van der Waals surface area contributed by atoms with E-state index < -0.39 is 5.43 Å². The average Bonchev–Trinajstić information content (AvgIpc) is 2.38. The molecule has 88 valence electrons. The molecule has 3 aromatic rings. The molecule has 0 N–H and O–H groups in total. The van der Waals surface area contributed by atoms with E-state index in [1.54, 1.807) is 6.07 Å². The fourth-order valence-corrected chi connectivity index (χ4v) is 2.23. The first-order valence-electron chi connectivity index (χ1n) is 5.53. The largest absolute Gasteiger partial charge is 0.414 e. The lowest BCUT2D eigenvalue weighted by molar-refractivity contribution is 0.225. The highest BCUT2D eigenvalue weighted by Gasteiger charge is 2.04. The Hall–Kier alpha value is -2.06. The molecule has 0 atom stereocenters. The number of hydrogen-bond acceptors (Lipinski definition) is 2. The van der Waals surface area contributed by atoms with Crippen molar-refractivity contribution in [2.45, 2.75) is 0 Å². The highest BCUT2D eigenvalue weighted by atomic mass is 35.5. The maximum Gasteiger partial charge on any atom is 0.409 e. The fourth-order valence-electron chi connectivity index (χ4n) is 2.14. The maximum absolute atomic E-state index is 10.8. The van der Waals surface area contributed by atoms with Crippen molar-refractivity contribution >= 4 is 38.6 Å². The third-order valence-electron chi connectivity index (χ3n) is 2.92. The van der Waals surface area contributed by atoms with E-state index in [2.05, 4.69) is 12.1 Å². The van der Waals surface area contributed by atoms with Crippen molar-refractivity contribution in [3.63, 3.8) is 0 Å². The van der Waals surface area contributed by atoms with Crippen LogP contribution in [0.4, 0.5) is 4.79 Å². The van der Waals surface area contributed by atoms with Gasteiger partial charge in [0.2, 0.25) is 0 Å². The zero-order valence-corrected chi connectivity index (χ0v) is 10.1. The van der Waals surface area contributed by atoms with Crippen LogP contribution in [0, 0.1) is 0 Å². The van der Waals surface area contributed by atoms with Gasteiger partial charge in [-0.15, -0.1) is 0 Å². The van der Waals surface area contributed by atoms with Crippen molar-refractivity contribution in [3.8, 4) is 5.75 Å². The first-order valence-corrected chi connectivity index (χ1v) is 5.91. The summed E-state index contributed by atoms with van der Waals surface area (Å²) < 4.78 is 4.90. The van der Waals surface area contributed by atoms with E-state index in [9.17, 15) is 4.79 Å². The van der Waals surface area contributed by atoms with Gasteiger partial charge in [0.05, 0.1) is 0 Å². The van der Waals surface area contributed by atoms with Gasteiger partial charge in [-0.3, -0.25) is 0 Å². The predicted octanol–water partition coefficient (Wildman–Crippen LogP) is 4.73. The highest BCUT2D eigenvalue weighted by Crippen LogP contribution is 2.28. The zero-order chi connectivity index (χ0) is 12.5. The van der Waals surface area contributed by atoms with Crippen LogP contribution >= 0.6 is 11.6 Å². The summed E-state index contributed by atoms with van der Waals surface area (Å²) in [4.78, 5) is 10.8. The first kappa shape index (κ1) is 11.1. The maximum atomic E-state index is 10.8. The molecule has 0 amide bonds. The molecule has 0 aliphatic rings. The van der Waals surface area contributed by atoms with E-state index >= 15 is 0 Å². The van der Waals surface area contributed by atoms with Gasteiger partial charge in [-0.05, 0) is 33.7 Å². The quantitative estimate of drug-likeness (QED) is 0.465. The Morgan fingerprint density at radius 2 is 1.56 bits per heavy atom. The zero-order valence-electron chi connectivity index (χ0n) is 9.39. The SMILES string of the molecule is O=C(Cl)Oc1ccc2ccc3ccccc3c2c1. The van der Waals surface area contributed by atoms with Gasteiger partial charge in [0.25, 0.3) is 0 Å². The number of rotatable bonds is 1. The van der Waals surface area contributed by atoms with Crippen molar-refractivity contribution in [3.05, 3.63) is 54.6 Å². The van der Waals surface area contributed by atoms with Crippen LogP contribution in [-0.4, -0.2) is 5.43 Å². The van der Waals surface area contributed by atoms with Gasteiger partial charge >= 0.3 is 5.43 Å². The molecule has 0 aliphatic carbocycles. The van der Waals surface area contributed by atoms with Crippen LogP contribution in [0.15, 0.2) is 54.6 Å². The second-order valence-corrected chi connectivity index (χ2v) is 4.32. The number of carbonyl (C=O) groups excluding carboxylic acids is 1. The summed E-state index contributed by atoms with van der Waals surface area (Å²) in [5.74, 6) is 0.457. The van der Waals surface area contributed by atoms with Crippen molar-refractivity contribution in [2.75, 3.05) is 0 Å². The molecular formula is C15H9ClO2. The van der Waals surface area contributed by atoms with Crippen molar-refractivity contribution in [1.82, 2.24) is 0 Å². The summed E-state index contributed by atoms with van der Waals surface area (Å²) in [5.41, 5.74) is -0.824. The Morgan fingerprint density at radius 1 is 0.889 bits per heavy atom. The van der Waals surface area contributed by atoms with Crippen LogP contribution < -0.4 is 4.74 Å². The minimum absolute atomic E-state index is 0.457. The molecule has 0 heterocycles. The molecule has 0 aliphatic heterocycles.